The van der Waals surface area contributed by atoms with Gasteiger partial charge in [0.1, 0.15) is 0 Å². The highest BCUT2D eigenvalue weighted by Crippen LogP contribution is 2.38. The van der Waals surface area contributed by atoms with E-state index in [4.69, 9.17) is 10.8 Å². The van der Waals surface area contributed by atoms with Crippen LogP contribution in [0.5, 0.6) is 0 Å². The molecule has 0 amide bonds. The smallest absolute Gasteiger partial charge is 0.0882 e. The van der Waals surface area contributed by atoms with Gasteiger partial charge in [-0.25, -0.2) is 0 Å². The molecule has 2 heterocycles. The predicted molar refractivity (Wildman–Crippen MR) is 137 cm³/mol. The monoisotopic (exact) mass is 552 g/mol. The fraction of sp³-hybridized carbons (Fsp3) is 0.391. The van der Waals surface area contributed by atoms with E-state index in [2.05, 4.69) is 57.8 Å². The average Bonchev–Trinajstić information content (AvgIpc) is 3.22. The van der Waals surface area contributed by atoms with E-state index in [0.717, 1.165) is 34.9 Å². The van der Waals surface area contributed by atoms with Crippen molar-refractivity contribution in [2.24, 2.45) is 0 Å². The Morgan fingerprint density at radius 3 is 1.93 bits per heavy atom. The van der Waals surface area contributed by atoms with E-state index in [9.17, 15) is 0 Å². The third-order valence-corrected chi connectivity index (χ3v) is 9.31. The Balaban J connectivity index is 1.73. The summed E-state index contributed by atoms with van der Waals surface area (Å²) in [6.07, 6.45) is 12.9. The summed E-state index contributed by atoms with van der Waals surface area (Å²) in [6.45, 7) is 4.30. The second-order valence-electron chi connectivity index (χ2n) is 7.41. The van der Waals surface area contributed by atoms with Gasteiger partial charge in [-0.05, 0) is 74.9 Å². The molecule has 2 N–H and O–H groups in total. The summed E-state index contributed by atoms with van der Waals surface area (Å²) in [7, 11) is 0. The van der Waals surface area contributed by atoms with Gasteiger partial charge in [0, 0.05) is 20.9 Å². The van der Waals surface area contributed by atoms with E-state index in [1.54, 1.807) is 22.7 Å². The molecule has 0 aromatic carbocycles. The Morgan fingerprint density at radius 1 is 0.793 bits per heavy atom. The number of thiophene rings is 2. The predicted octanol–water partition coefficient (Wildman–Crippen LogP) is 9.07. The van der Waals surface area contributed by atoms with Crippen LogP contribution >= 0.6 is 54.5 Å². The zero-order valence-corrected chi connectivity index (χ0v) is 21.6. The Kier molecular flexibility index (Phi) is 8.25. The Hall–Kier alpha value is -0.820. The standard InChI is InChI=1S/C23H26Br2N2S2/c1-3-4-5-6-7-8-9-15-13-19(29-23(15)25)17-11-10-16(20(26)21(17)27)18-12-14(2)22(24)28-18/h10-13,26-27H,3-9H2,1-2H3. The van der Waals surface area contributed by atoms with Crippen molar-refractivity contribution < 1.29 is 0 Å². The van der Waals surface area contributed by atoms with Gasteiger partial charge in [0.05, 0.1) is 19.0 Å². The summed E-state index contributed by atoms with van der Waals surface area (Å²) in [6, 6.07) is 4.29. The highest BCUT2D eigenvalue weighted by Gasteiger charge is 2.24. The number of hydrogen-bond acceptors (Lipinski definition) is 4. The first kappa shape index (κ1) is 22.9. The molecule has 0 spiro atoms. The highest BCUT2D eigenvalue weighted by atomic mass is 79.9. The molecular formula is C23H26Br2N2S2. The third kappa shape index (κ3) is 5.46. The van der Waals surface area contributed by atoms with E-state index >= 15 is 0 Å². The number of nitrogens with one attached hydrogen (secondary N) is 2. The maximum absolute atomic E-state index is 8.59. The van der Waals surface area contributed by atoms with E-state index in [1.165, 1.54) is 49.7 Å². The first-order valence-electron chi connectivity index (χ1n) is 10.1. The zero-order chi connectivity index (χ0) is 21.0. The van der Waals surface area contributed by atoms with E-state index in [1.807, 2.05) is 12.2 Å². The van der Waals surface area contributed by atoms with Gasteiger partial charge in [-0.1, -0.05) is 51.2 Å². The Labute approximate surface area is 198 Å². The van der Waals surface area contributed by atoms with Crippen molar-refractivity contribution in [3.05, 3.63) is 52.7 Å². The van der Waals surface area contributed by atoms with Crippen molar-refractivity contribution in [2.45, 2.75) is 58.8 Å². The highest BCUT2D eigenvalue weighted by molar-refractivity contribution is 9.11. The van der Waals surface area contributed by atoms with Gasteiger partial charge in [-0.2, -0.15) is 0 Å². The van der Waals surface area contributed by atoms with Crippen molar-refractivity contribution in [1.29, 1.82) is 10.8 Å². The average molecular weight is 554 g/mol. The van der Waals surface area contributed by atoms with Gasteiger partial charge < -0.3 is 0 Å². The van der Waals surface area contributed by atoms with Crippen LogP contribution in [0.2, 0.25) is 0 Å². The summed E-state index contributed by atoms with van der Waals surface area (Å²) < 4.78 is 2.25. The van der Waals surface area contributed by atoms with Crippen molar-refractivity contribution in [3.8, 4) is 0 Å². The van der Waals surface area contributed by atoms with Crippen LogP contribution in [0, 0.1) is 17.7 Å². The molecule has 29 heavy (non-hydrogen) atoms. The lowest BCUT2D eigenvalue weighted by molar-refractivity contribution is 0.607. The molecule has 0 saturated heterocycles. The molecule has 2 aromatic heterocycles. The lowest BCUT2D eigenvalue weighted by atomic mass is 9.92. The number of aryl methyl sites for hydroxylation is 2. The van der Waals surface area contributed by atoms with Crippen LogP contribution in [0.25, 0.3) is 11.1 Å². The molecule has 0 radical (unpaired) electrons. The number of rotatable bonds is 9. The molecule has 1 aliphatic carbocycles. The van der Waals surface area contributed by atoms with E-state index in [0.29, 0.717) is 11.4 Å². The van der Waals surface area contributed by atoms with Crippen molar-refractivity contribution >= 4 is 77.1 Å². The SMILES string of the molecule is CCCCCCCCc1cc(C2=CC=C(c3cc(C)c(Br)s3)C(=N)C2=N)sc1Br. The largest absolute Gasteiger partial charge is 0.298 e. The van der Waals surface area contributed by atoms with Gasteiger partial charge in [0.25, 0.3) is 0 Å². The minimum atomic E-state index is 0.304. The van der Waals surface area contributed by atoms with Gasteiger partial charge in [-0.15, -0.1) is 22.7 Å². The summed E-state index contributed by atoms with van der Waals surface area (Å²) in [5, 5.41) is 17.1. The van der Waals surface area contributed by atoms with Crippen LogP contribution in [0.3, 0.4) is 0 Å². The minimum absolute atomic E-state index is 0.304. The molecule has 154 valence electrons. The van der Waals surface area contributed by atoms with Crippen molar-refractivity contribution in [3.63, 3.8) is 0 Å². The fourth-order valence-electron chi connectivity index (χ4n) is 3.41. The van der Waals surface area contributed by atoms with Crippen LogP contribution in [-0.4, -0.2) is 11.4 Å². The van der Waals surface area contributed by atoms with Gasteiger partial charge in [0.2, 0.25) is 0 Å². The van der Waals surface area contributed by atoms with Crippen molar-refractivity contribution in [1.82, 2.24) is 0 Å². The Morgan fingerprint density at radius 2 is 1.34 bits per heavy atom. The summed E-state index contributed by atoms with van der Waals surface area (Å²) in [5.74, 6) is 0. The zero-order valence-electron chi connectivity index (χ0n) is 16.8. The van der Waals surface area contributed by atoms with Gasteiger partial charge >= 0.3 is 0 Å². The van der Waals surface area contributed by atoms with Crippen LogP contribution in [0.15, 0.2) is 31.9 Å². The van der Waals surface area contributed by atoms with E-state index < -0.39 is 0 Å². The number of allylic oxidation sites excluding steroid dienone is 4. The molecule has 0 bridgehead atoms. The fourth-order valence-corrected chi connectivity index (χ4v) is 6.78. The van der Waals surface area contributed by atoms with Gasteiger partial charge in [0.15, 0.2) is 0 Å². The van der Waals surface area contributed by atoms with Crippen molar-refractivity contribution in [2.75, 3.05) is 0 Å². The molecular weight excluding hydrogens is 528 g/mol. The quantitative estimate of drug-likeness (QED) is 0.230. The summed E-state index contributed by atoms with van der Waals surface area (Å²) in [5.41, 5.74) is 4.80. The first-order chi connectivity index (χ1) is 13.9. The second kappa shape index (κ2) is 10.5. The molecule has 0 saturated carbocycles. The molecule has 0 unspecified atom stereocenters. The van der Waals surface area contributed by atoms with Crippen LogP contribution in [0.4, 0.5) is 0 Å². The van der Waals surface area contributed by atoms with Crippen LogP contribution in [-0.2, 0) is 6.42 Å². The topological polar surface area (TPSA) is 47.7 Å². The lowest BCUT2D eigenvalue weighted by Crippen LogP contribution is -2.17. The first-order valence-corrected chi connectivity index (χ1v) is 13.3. The summed E-state index contributed by atoms with van der Waals surface area (Å²) >= 11 is 10.6. The van der Waals surface area contributed by atoms with Crippen LogP contribution < -0.4 is 0 Å². The molecule has 0 atom stereocenters. The maximum Gasteiger partial charge on any atom is 0.0882 e. The number of unbranched alkanes of at least 4 members (excludes halogenated alkanes) is 5. The van der Waals surface area contributed by atoms with Crippen LogP contribution in [0.1, 0.15) is 66.3 Å². The number of halogens is 2. The Bertz CT molecular complexity index is 960. The molecule has 0 fully saturated rings. The maximum atomic E-state index is 8.59. The number of hydrogen-bond donors (Lipinski definition) is 2. The molecule has 2 nitrogen and oxygen atoms in total. The lowest BCUT2D eigenvalue weighted by Gasteiger charge is -2.15. The molecule has 2 aromatic rings. The van der Waals surface area contributed by atoms with Gasteiger partial charge in [-0.3, -0.25) is 10.8 Å². The normalized spacial score (nSPS) is 14.3. The molecule has 0 aliphatic heterocycles. The van der Waals surface area contributed by atoms with E-state index in [-0.39, 0.29) is 0 Å². The molecule has 6 heteroatoms. The second-order valence-corrected chi connectivity index (χ2v) is 12.1. The minimum Gasteiger partial charge on any atom is -0.298 e. The third-order valence-electron chi connectivity index (χ3n) is 5.15. The molecule has 3 rings (SSSR count). The molecule has 1 aliphatic rings. The summed E-state index contributed by atoms with van der Waals surface area (Å²) in [4.78, 5) is 2.11.